The summed E-state index contributed by atoms with van der Waals surface area (Å²) in [6, 6.07) is 4.96. The number of carboxylic acid groups (broad SMARTS) is 1. The fourth-order valence-electron chi connectivity index (χ4n) is 4.88. The molecule has 0 radical (unpaired) electrons. The highest BCUT2D eigenvalue weighted by Crippen LogP contribution is 2.41. The van der Waals surface area contributed by atoms with Gasteiger partial charge in [-0.3, -0.25) is 14.5 Å². The topological polar surface area (TPSA) is 138 Å². The van der Waals surface area contributed by atoms with E-state index in [1.807, 2.05) is 44.5 Å². The van der Waals surface area contributed by atoms with E-state index < -0.39 is 5.97 Å². The van der Waals surface area contributed by atoms with Crippen LogP contribution in [0.15, 0.2) is 47.5 Å². The van der Waals surface area contributed by atoms with E-state index in [4.69, 9.17) is 19.0 Å². The van der Waals surface area contributed by atoms with E-state index in [2.05, 4.69) is 10.3 Å². The standard InChI is InChI=1S/C30H32N6O6/c1-7-40-24-10-19(30(38)39)11-25(41-8-2)29(24)36-15-22(21-13-32-35(14-21)16-26(37)34(5)6)28-23(36)9-20(12-31-28)27-17(3)33-42-18(27)4/h9-15H,7-8,16H2,1-6H3,(H,38,39). The fraction of sp³-hybridized carbons (Fsp3) is 0.300. The van der Waals surface area contributed by atoms with Crippen LogP contribution < -0.4 is 9.47 Å². The lowest BCUT2D eigenvalue weighted by molar-refractivity contribution is -0.129. The lowest BCUT2D eigenvalue weighted by Crippen LogP contribution is -2.26. The van der Waals surface area contributed by atoms with Crippen molar-refractivity contribution in [3.8, 4) is 39.4 Å². The second-order valence-corrected chi connectivity index (χ2v) is 9.91. The summed E-state index contributed by atoms with van der Waals surface area (Å²) in [4.78, 5) is 30.6. The van der Waals surface area contributed by atoms with E-state index in [0.717, 1.165) is 27.9 Å². The highest BCUT2D eigenvalue weighted by molar-refractivity contribution is 5.97. The number of carbonyl (C=O) groups is 2. The molecule has 4 aromatic heterocycles. The number of hydrogen-bond acceptors (Lipinski definition) is 8. The third-order valence-electron chi connectivity index (χ3n) is 6.83. The summed E-state index contributed by atoms with van der Waals surface area (Å²) in [6.45, 7) is 8.09. The summed E-state index contributed by atoms with van der Waals surface area (Å²) < 4.78 is 20.8. The molecular formula is C30H32N6O6. The third-order valence-corrected chi connectivity index (χ3v) is 6.83. The monoisotopic (exact) mass is 572 g/mol. The number of carboxylic acids is 1. The number of nitrogens with zero attached hydrogens (tertiary/aromatic N) is 6. The lowest BCUT2D eigenvalue weighted by atomic mass is 10.1. The average Bonchev–Trinajstić information content (AvgIpc) is 3.65. The molecule has 5 rings (SSSR count). The van der Waals surface area contributed by atoms with E-state index in [9.17, 15) is 14.7 Å². The second-order valence-electron chi connectivity index (χ2n) is 9.91. The number of rotatable bonds is 10. The predicted molar refractivity (Wildman–Crippen MR) is 155 cm³/mol. The van der Waals surface area contributed by atoms with Gasteiger partial charge in [-0.25, -0.2) is 4.79 Å². The molecule has 1 aromatic carbocycles. The first-order valence-electron chi connectivity index (χ1n) is 13.5. The Labute approximate surface area is 242 Å². The number of amides is 1. The molecule has 0 saturated heterocycles. The van der Waals surface area contributed by atoms with Crippen LogP contribution in [0.3, 0.4) is 0 Å². The van der Waals surface area contributed by atoms with Crippen molar-refractivity contribution in [1.82, 2.24) is 29.4 Å². The van der Waals surface area contributed by atoms with Crippen molar-refractivity contribution in [2.45, 2.75) is 34.2 Å². The molecule has 12 nitrogen and oxygen atoms in total. The van der Waals surface area contributed by atoms with Crippen molar-refractivity contribution >= 4 is 22.9 Å². The molecule has 1 N–H and O–H groups in total. The molecule has 0 saturated carbocycles. The number of ether oxygens (including phenoxy) is 2. The maximum atomic E-state index is 12.3. The van der Waals surface area contributed by atoms with Crippen LogP contribution in [-0.4, -0.2) is 73.7 Å². The largest absolute Gasteiger partial charge is 0.492 e. The first-order chi connectivity index (χ1) is 20.1. The summed E-state index contributed by atoms with van der Waals surface area (Å²) in [7, 11) is 3.39. The van der Waals surface area contributed by atoms with Crippen molar-refractivity contribution in [2.75, 3.05) is 27.3 Å². The van der Waals surface area contributed by atoms with E-state index in [-0.39, 0.29) is 18.0 Å². The zero-order valence-electron chi connectivity index (χ0n) is 24.3. The molecule has 0 aliphatic heterocycles. The van der Waals surface area contributed by atoms with Gasteiger partial charge in [-0.2, -0.15) is 5.10 Å². The van der Waals surface area contributed by atoms with Gasteiger partial charge >= 0.3 is 5.97 Å². The first kappa shape index (κ1) is 28.4. The lowest BCUT2D eigenvalue weighted by Gasteiger charge is -2.18. The number of aromatic carboxylic acids is 1. The van der Waals surface area contributed by atoms with Gasteiger partial charge < -0.3 is 28.6 Å². The Hall–Kier alpha value is -5.13. The van der Waals surface area contributed by atoms with Gasteiger partial charge in [0.1, 0.15) is 29.5 Å². The van der Waals surface area contributed by atoms with Gasteiger partial charge in [-0.05, 0) is 45.9 Å². The Morgan fingerprint density at radius 1 is 1.00 bits per heavy atom. The van der Waals surface area contributed by atoms with Gasteiger partial charge in [0, 0.05) is 54.9 Å². The number of fused-ring (bicyclic) bond motifs is 1. The van der Waals surface area contributed by atoms with E-state index >= 15 is 0 Å². The highest BCUT2D eigenvalue weighted by Gasteiger charge is 2.24. The SMILES string of the molecule is CCOc1cc(C(=O)O)cc(OCC)c1-n1cc(-c2cnn(CC(=O)N(C)C)c2)c2ncc(-c3c(C)noc3C)cc21. The van der Waals surface area contributed by atoms with Crippen molar-refractivity contribution in [3.05, 3.63) is 60.0 Å². The van der Waals surface area contributed by atoms with Crippen LogP contribution in [0.4, 0.5) is 0 Å². The van der Waals surface area contributed by atoms with E-state index in [1.165, 1.54) is 17.0 Å². The molecule has 4 heterocycles. The Balaban J connectivity index is 1.79. The minimum Gasteiger partial charge on any atom is -0.492 e. The summed E-state index contributed by atoms with van der Waals surface area (Å²) in [6.07, 6.45) is 7.14. The van der Waals surface area contributed by atoms with Crippen molar-refractivity contribution < 1.29 is 28.7 Å². The third kappa shape index (κ3) is 5.18. The van der Waals surface area contributed by atoms with Crippen LogP contribution in [0.25, 0.3) is 39.0 Å². The predicted octanol–water partition coefficient (Wildman–Crippen LogP) is 4.74. The van der Waals surface area contributed by atoms with Gasteiger partial charge in [0.2, 0.25) is 5.91 Å². The van der Waals surface area contributed by atoms with Gasteiger partial charge in [-0.15, -0.1) is 0 Å². The number of carbonyl (C=O) groups excluding carboxylic acids is 1. The molecule has 12 heteroatoms. The van der Waals surface area contributed by atoms with Gasteiger partial charge in [0.15, 0.2) is 0 Å². The highest BCUT2D eigenvalue weighted by atomic mass is 16.5. The van der Waals surface area contributed by atoms with E-state index in [1.54, 1.807) is 37.4 Å². The molecule has 218 valence electrons. The zero-order valence-corrected chi connectivity index (χ0v) is 24.3. The maximum Gasteiger partial charge on any atom is 0.335 e. The molecule has 0 aliphatic rings. The molecule has 5 aromatic rings. The molecule has 0 atom stereocenters. The maximum absolute atomic E-state index is 12.3. The van der Waals surface area contributed by atoms with Crippen LogP contribution in [0.5, 0.6) is 11.5 Å². The normalized spacial score (nSPS) is 11.2. The van der Waals surface area contributed by atoms with Gasteiger partial charge in [0.25, 0.3) is 0 Å². The number of hydrogen-bond donors (Lipinski definition) is 1. The number of likely N-dealkylation sites (N-methyl/N-ethyl adjacent to an activating group) is 1. The van der Waals surface area contributed by atoms with Crippen molar-refractivity contribution in [1.29, 1.82) is 0 Å². The van der Waals surface area contributed by atoms with Crippen LogP contribution in [0.2, 0.25) is 0 Å². The van der Waals surface area contributed by atoms with Crippen LogP contribution in [-0.2, 0) is 11.3 Å². The fourth-order valence-corrected chi connectivity index (χ4v) is 4.88. The number of pyridine rings is 1. The molecule has 0 fully saturated rings. The minimum atomic E-state index is -1.09. The molecule has 42 heavy (non-hydrogen) atoms. The van der Waals surface area contributed by atoms with Gasteiger partial charge in [-0.1, -0.05) is 5.16 Å². The smallest absolute Gasteiger partial charge is 0.335 e. The van der Waals surface area contributed by atoms with Crippen LogP contribution >= 0.6 is 0 Å². The summed E-state index contributed by atoms with van der Waals surface area (Å²) in [5.74, 6) is 0.173. The van der Waals surface area contributed by atoms with E-state index in [0.29, 0.717) is 47.2 Å². The molecule has 0 unspecified atom stereocenters. The molecular weight excluding hydrogens is 540 g/mol. The zero-order chi connectivity index (χ0) is 30.1. The Kier molecular flexibility index (Phi) is 7.70. The van der Waals surface area contributed by atoms with Crippen molar-refractivity contribution in [3.63, 3.8) is 0 Å². The average molecular weight is 573 g/mol. The minimum absolute atomic E-state index is 0.0451. The van der Waals surface area contributed by atoms with Crippen LogP contribution in [0, 0.1) is 13.8 Å². The summed E-state index contributed by atoms with van der Waals surface area (Å²) >= 11 is 0. The number of aryl methyl sites for hydroxylation is 2. The quantitative estimate of drug-likeness (QED) is 0.251. The molecule has 0 bridgehead atoms. The Bertz CT molecular complexity index is 1750. The number of benzene rings is 1. The molecule has 0 aliphatic carbocycles. The van der Waals surface area contributed by atoms with Crippen molar-refractivity contribution in [2.24, 2.45) is 0 Å². The Morgan fingerprint density at radius 3 is 2.26 bits per heavy atom. The summed E-state index contributed by atoms with van der Waals surface area (Å²) in [5.41, 5.74) is 5.83. The second kappa shape index (κ2) is 11.4. The molecule has 1 amide bonds. The van der Waals surface area contributed by atoms with Crippen LogP contribution in [0.1, 0.15) is 35.7 Å². The summed E-state index contributed by atoms with van der Waals surface area (Å²) in [5, 5.41) is 18.3. The van der Waals surface area contributed by atoms with Gasteiger partial charge in [0.05, 0.1) is 41.7 Å². The first-order valence-corrected chi connectivity index (χ1v) is 13.5. The Morgan fingerprint density at radius 2 is 1.69 bits per heavy atom. The number of aromatic nitrogens is 5. The molecule has 0 spiro atoms.